The lowest BCUT2D eigenvalue weighted by Gasteiger charge is -2.23. The number of carbonyl (C=O) groups is 1. The second-order valence-electron chi connectivity index (χ2n) is 7.09. The molecule has 0 heterocycles. The molecule has 0 radical (unpaired) electrons. The number of rotatable bonds is 8. The summed E-state index contributed by atoms with van der Waals surface area (Å²) < 4.78 is 11.9. The van der Waals surface area contributed by atoms with Crippen molar-refractivity contribution >= 4 is 5.78 Å². The van der Waals surface area contributed by atoms with E-state index in [4.69, 9.17) is 9.47 Å². The number of ketones is 1. The lowest BCUT2D eigenvalue weighted by molar-refractivity contribution is -0.118. The number of ether oxygens (including phenoxy) is 2. The van der Waals surface area contributed by atoms with Gasteiger partial charge in [-0.25, -0.2) is 0 Å². The molecular formula is C21H32O3. The third-order valence-electron chi connectivity index (χ3n) is 5.44. The number of hydrogen-bond donors (Lipinski definition) is 0. The van der Waals surface area contributed by atoms with Crippen molar-refractivity contribution in [1.29, 1.82) is 0 Å². The molecule has 0 saturated heterocycles. The van der Waals surface area contributed by atoms with Gasteiger partial charge in [-0.1, -0.05) is 19.1 Å². The second kappa shape index (κ2) is 9.39. The maximum Gasteiger partial charge on any atom is 0.133 e. The van der Waals surface area contributed by atoms with E-state index in [-0.39, 0.29) is 12.2 Å². The minimum Gasteiger partial charge on any atom is -0.378 e. The van der Waals surface area contributed by atoms with Crippen LogP contribution < -0.4 is 0 Å². The van der Waals surface area contributed by atoms with Crippen molar-refractivity contribution in [2.75, 3.05) is 13.2 Å². The zero-order valence-electron chi connectivity index (χ0n) is 15.6. The van der Waals surface area contributed by atoms with E-state index in [2.05, 4.69) is 37.8 Å². The first-order valence-electron chi connectivity index (χ1n) is 9.43. The van der Waals surface area contributed by atoms with Crippen LogP contribution in [-0.4, -0.2) is 31.2 Å². The van der Waals surface area contributed by atoms with Crippen molar-refractivity contribution in [3.63, 3.8) is 0 Å². The van der Waals surface area contributed by atoms with Crippen LogP contribution in [0.15, 0.2) is 12.2 Å². The molecule has 0 amide bonds. The van der Waals surface area contributed by atoms with Crippen LogP contribution in [0.3, 0.4) is 0 Å². The third-order valence-corrected chi connectivity index (χ3v) is 5.44. The lowest BCUT2D eigenvalue weighted by atomic mass is 9.89. The maximum atomic E-state index is 11.8. The molecule has 0 spiro atoms. The molecule has 2 rings (SSSR count). The molecule has 1 unspecified atom stereocenters. The normalized spacial score (nSPS) is 31.8. The van der Waals surface area contributed by atoms with Gasteiger partial charge in [0.25, 0.3) is 0 Å². The highest BCUT2D eigenvalue weighted by Crippen LogP contribution is 2.48. The summed E-state index contributed by atoms with van der Waals surface area (Å²) in [6, 6.07) is 0. The van der Waals surface area contributed by atoms with Gasteiger partial charge in [-0.15, -0.1) is 11.8 Å². The Kier molecular flexibility index (Phi) is 7.52. The summed E-state index contributed by atoms with van der Waals surface area (Å²) in [5, 5.41) is 0. The molecule has 24 heavy (non-hydrogen) atoms. The van der Waals surface area contributed by atoms with E-state index in [1.54, 1.807) is 0 Å². The van der Waals surface area contributed by atoms with E-state index >= 15 is 0 Å². The molecule has 0 aromatic rings. The maximum absolute atomic E-state index is 11.8. The third kappa shape index (κ3) is 4.71. The fourth-order valence-electron chi connectivity index (χ4n) is 4.28. The minimum atomic E-state index is 0.0780. The fraction of sp³-hybridized carbons (Fsp3) is 0.762. The molecule has 6 atom stereocenters. The summed E-state index contributed by atoms with van der Waals surface area (Å²) in [5.74, 6) is 8.21. The molecule has 0 aromatic carbocycles. The van der Waals surface area contributed by atoms with E-state index in [9.17, 15) is 4.79 Å². The molecule has 2 saturated carbocycles. The van der Waals surface area contributed by atoms with Crippen LogP contribution in [0, 0.1) is 35.5 Å². The highest BCUT2D eigenvalue weighted by Gasteiger charge is 2.47. The molecule has 2 aliphatic rings. The van der Waals surface area contributed by atoms with Crippen molar-refractivity contribution < 1.29 is 14.3 Å². The van der Waals surface area contributed by atoms with E-state index in [0.717, 1.165) is 32.3 Å². The molecule has 2 aliphatic carbocycles. The number of Topliss-reactive ketones (excluding diaryl/α,β-unsaturated/α-hetero) is 1. The van der Waals surface area contributed by atoms with Crippen LogP contribution in [-0.2, 0) is 14.3 Å². The molecule has 0 N–H and O–H groups in total. The molecule has 0 aliphatic heterocycles. The van der Waals surface area contributed by atoms with Gasteiger partial charge < -0.3 is 9.47 Å². The Balaban J connectivity index is 2.08. The monoisotopic (exact) mass is 332 g/mol. The molecule has 3 heteroatoms. The van der Waals surface area contributed by atoms with Crippen molar-refractivity contribution in [2.24, 2.45) is 23.7 Å². The first kappa shape index (κ1) is 19.2. The van der Waals surface area contributed by atoms with Gasteiger partial charge in [-0.2, -0.15) is 0 Å². The van der Waals surface area contributed by atoms with Crippen LogP contribution in [0.25, 0.3) is 0 Å². The van der Waals surface area contributed by atoms with E-state index in [1.165, 1.54) is 0 Å². The smallest absolute Gasteiger partial charge is 0.133 e. The van der Waals surface area contributed by atoms with Crippen LogP contribution >= 0.6 is 0 Å². The summed E-state index contributed by atoms with van der Waals surface area (Å²) >= 11 is 0. The van der Waals surface area contributed by atoms with Crippen molar-refractivity contribution in [1.82, 2.24) is 0 Å². The fourth-order valence-corrected chi connectivity index (χ4v) is 4.28. The summed E-state index contributed by atoms with van der Waals surface area (Å²) in [6.07, 6.45) is 8.14. The first-order chi connectivity index (χ1) is 11.6. The number of carbonyl (C=O) groups excluding carboxylic acids is 1. The summed E-state index contributed by atoms with van der Waals surface area (Å²) in [6.45, 7) is 9.58. The van der Waals surface area contributed by atoms with Crippen LogP contribution in [0.4, 0.5) is 0 Å². The lowest BCUT2D eigenvalue weighted by Crippen LogP contribution is -2.24. The Hall–Kier alpha value is -1.11. The minimum absolute atomic E-state index is 0.0780. The van der Waals surface area contributed by atoms with Gasteiger partial charge in [-0.3, -0.25) is 4.79 Å². The van der Waals surface area contributed by atoms with Gasteiger partial charge in [0, 0.05) is 38.4 Å². The Morgan fingerprint density at radius 1 is 1.29 bits per heavy atom. The molecular weight excluding hydrogens is 300 g/mol. The molecule has 0 bridgehead atoms. The average Bonchev–Trinajstić information content (AvgIpc) is 3.05. The van der Waals surface area contributed by atoms with Crippen molar-refractivity contribution in [3.8, 4) is 11.8 Å². The predicted octanol–water partition coefficient (Wildman–Crippen LogP) is 4.02. The second-order valence-corrected chi connectivity index (χ2v) is 7.09. The molecule has 2 fully saturated rings. The summed E-state index contributed by atoms with van der Waals surface area (Å²) in [7, 11) is 0. The average molecular weight is 332 g/mol. The number of fused-ring (bicyclic) bond motifs is 1. The van der Waals surface area contributed by atoms with E-state index in [0.29, 0.717) is 36.1 Å². The Morgan fingerprint density at radius 2 is 2.08 bits per heavy atom. The highest BCUT2D eigenvalue weighted by atomic mass is 16.5. The van der Waals surface area contributed by atoms with Gasteiger partial charge in [-0.05, 0) is 44.9 Å². The van der Waals surface area contributed by atoms with Crippen LogP contribution in [0.1, 0.15) is 53.4 Å². The van der Waals surface area contributed by atoms with Crippen molar-refractivity contribution in [3.05, 3.63) is 12.2 Å². The quantitative estimate of drug-likeness (QED) is 0.497. The summed E-state index contributed by atoms with van der Waals surface area (Å²) in [4.78, 5) is 11.8. The Morgan fingerprint density at radius 3 is 2.75 bits per heavy atom. The predicted molar refractivity (Wildman–Crippen MR) is 96.5 cm³/mol. The van der Waals surface area contributed by atoms with Gasteiger partial charge >= 0.3 is 0 Å². The standard InChI is InChI=1S/C21H32O3/c1-5-8-9-15(4)20(23-6-2)11-10-18-19-14-17(22)12-16(19)13-21(18)24-7-3/h10-11,15-16,18-21H,6-7,9,12-14H2,1-4H3/b11-10+/t15?,16-,18+,19-,20+,21+/m0/s1. The van der Waals surface area contributed by atoms with E-state index < -0.39 is 0 Å². The van der Waals surface area contributed by atoms with Crippen LogP contribution in [0.5, 0.6) is 0 Å². The zero-order valence-corrected chi connectivity index (χ0v) is 15.6. The molecule has 0 aromatic heterocycles. The van der Waals surface area contributed by atoms with Crippen molar-refractivity contribution in [2.45, 2.75) is 65.6 Å². The topological polar surface area (TPSA) is 35.5 Å². The molecule has 3 nitrogen and oxygen atoms in total. The SMILES string of the molecule is CC#CCC(C)[C@@H](/C=C/[C@@H]1[C@H]2CC(=O)C[C@H]2C[C@H]1OCC)OCC. The first-order valence-corrected chi connectivity index (χ1v) is 9.43. The largest absolute Gasteiger partial charge is 0.378 e. The van der Waals surface area contributed by atoms with Gasteiger partial charge in [0.1, 0.15) is 5.78 Å². The Bertz CT molecular complexity index is 499. The van der Waals surface area contributed by atoms with Gasteiger partial charge in [0.05, 0.1) is 12.2 Å². The Labute approximate surface area is 147 Å². The highest BCUT2D eigenvalue weighted by molar-refractivity contribution is 5.81. The van der Waals surface area contributed by atoms with Crippen LogP contribution in [0.2, 0.25) is 0 Å². The van der Waals surface area contributed by atoms with E-state index in [1.807, 2.05) is 13.8 Å². The number of hydrogen-bond acceptors (Lipinski definition) is 3. The molecule has 134 valence electrons. The summed E-state index contributed by atoms with van der Waals surface area (Å²) in [5.41, 5.74) is 0. The van der Waals surface area contributed by atoms with Gasteiger partial charge in [0.15, 0.2) is 0 Å². The zero-order chi connectivity index (χ0) is 17.5. The van der Waals surface area contributed by atoms with Gasteiger partial charge in [0.2, 0.25) is 0 Å².